The van der Waals surface area contributed by atoms with Crippen LogP contribution in [-0.4, -0.2) is 29.0 Å². The van der Waals surface area contributed by atoms with Gasteiger partial charge in [0, 0.05) is 17.8 Å². The molecule has 0 saturated heterocycles. The molecule has 1 amide bonds. The van der Waals surface area contributed by atoms with Gasteiger partial charge in [-0.05, 0) is 82.3 Å². The van der Waals surface area contributed by atoms with Crippen LogP contribution in [0, 0.1) is 25.0 Å². The van der Waals surface area contributed by atoms with Gasteiger partial charge in [-0.1, -0.05) is 6.07 Å². The highest BCUT2D eigenvalue weighted by molar-refractivity contribution is 14.1. The van der Waals surface area contributed by atoms with Crippen LogP contribution in [0.2, 0.25) is 0 Å². The van der Waals surface area contributed by atoms with Crippen molar-refractivity contribution in [3.05, 3.63) is 96.6 Å². The van der Waals surface area contributed by atoms with E-state index in [9.17, 15) is 25.0 Å². The van der Waals surface area contributed by atoms with Gasteiger partial charge in [0.05, 0.1) is 21.2 Å². The minimum atomic E-state index is -1.14. The van der Waals surface area contributed by atoms with E-state index in [0.717, 1.165) is 5.56 Å². The molecule has 0 aliphatic carbocycles. The van der Waals surface area contributed by atoms with Crippen LogP contribution in [0.5, 0.6) is 11.5 Å². The lowest BCUT2D eigenvalue weighted by Gasteiger charge is -2.14. The van der Waals surface area contributed by atoms with Gasteiger partial charge in [0.15, 0.2) is 11.5 Å². The smallest absolute Gasteiger partial charge is 0.335 e. The maximum Gasteiger partial charge on any atom is 0.335 e. The molecular formula is C25H18IN3O7. The van der Waals surface area contributed by atoms with Crippen molar-refractivity contribution in [1.29, 1.82) is 5.26 Å². The molecule has 0 radical (unpaired) electrons. The van der Waals surface area contributed by atoms with Crippen LogP contribution < -0.4 is 14.8 Å². The zero-order chi connectivity index (χ0) is 26.2. The zero-order valence-corrected chi connectivity index (χ0v) is 20.9. The summed E-state index contributed by atoms with van der Waals surface area (Å²) in [5, 5.41) is 31.9. The van der Waals surface area contributed by atoms with Crippen molar-refractivity contribution in [1.82, 2.24) is 0 Å². The molecule has 0 aliphatic heterocycles. The van der Waals surface area contributed by atoms with Crippen LogP contribution >= 0.6 is 22.6 Å². The van der Waals surface area contributed by atoms with E-state index in [2.05, 4.69) is 5.32 Å². The first-order valence-electron chi connectivity index (χ1n) is 10.2. The maximum atomic E-state index is 12.6. The van der Waals surface area contributed by atoms with Crippen molar-refractivity contribution < 1.29 is 29.1 Å². The number of hydrogen-bond acceptors (Lipinski definition) is 7. The topological polar surface area (TPSA) is 152 Å². The summed E-state index contributed by atoms with van der Waals surface area (Å²) in [5.41, 5.74) is 1.24. The van der Waals surface area contributed by atoms with Gasteiger partial charge < -0.3 is 19.9 Å². The molecule has 0 spiro atoms. The SMILES string of the molecule is COc1cc(/C=C(/C#N)C(=O)Nc2cccc(C(=O)O)c2)cc(I)c1OCc1ccc([N+](=O)[O-])cc1. The average molecular weight is 599 g/mol. The Bertz CT molecular complexity index is 1400. The molecule has 11 heteroatoms. The van der Waals surface area contributed by atoms with Crippen LogP contribution in [-0.2, 0) is 11.4 Å². The van der Waals surface area contributed by atoms with Gasteiger partial charge in [-0.25, -0.2) is 4.79 Å². The molecule has 10 nitrogen and oxygen atoms in total. The lowest BCUT2D eigenvalue weighted by molar-refractivity contribution is -0.384. The highest BCUT2D eigenvalue weighted by Gasteiger charge is 2.15. The molecule has 0 unspecified atom stereocenters. The van der Waals surface area contributed by atoms with E-state index in [1.165, 1.54) is 49.6 Å². The first-order valence-corrected chi connectivity index (χ1v) is 11.3. The number of carbonyl (C=O) groups is 2. The van der Waals surface area contributed by atoms with E-state index >= 15 is 0 Å². The Hall–Kier alpha value is -4.44. The molecule has 3 aromatic carbocycles. The quantitative estimate of drug-likeness (QED) is 0.114. The van der Waals surface area contributed by atoms with E-state index < -0.39 is 16.8 Å². The number of nitro groups is 1. The number of nitriles is 1. The molecule has 0 aliphatic rings. The largest absolute Gasteiger partial charge is 0.493 e. The molecule has 3 rings (SSSR count). The molecular weight excluding hydrogens is 581 g/mol. The summed E-state index contributed by atoms with van der Waals surface area (Å²) in [6.45, 7) is 0.140. The van der Waals surface area contributed by atoms with Crippen molar-refractivity contribution in [3.63, 3.8) is 0 Å². The number of nitrogens with zero attached hydrogens (tertiary/aromatic N) is 2. The minimum absolute atomic E-state index is 0.00103. The fourth-order valence-electron chi connectivity index (χ4n) is 3.08. The number of amides is 1. The Morgan fingerprint density at radius 3 is 2.53 bits per heavy atom. The summed E-state index contributed by atoms with van der Waals surface area (Å²) < 4.78 is 11.9. The van der Waals surface area contributed by atoms with Crippen molar-refractivity contribution in [2.45, 2.75) is 6.61 Å². The first-order chi connectivity index (χ1) is 17.2. The van der Waals surface area contributed by atoms with E-state index in [1.807, 2.05) is 28.7 Å². The molecule has 3 aromatic rings. The summed E-state index contributed by atoms with van der Waals surface area (Å²) in [5.74, 6) is -1.05. The van der Waals surface area contributed by atoms with Gasteiger partial charge in [-0.15, -0.1) is 0 Å². The van der Waals surface area contributed by atoms with Crippen LogP contribution in [0.1, 0.15) is 21.5 Å². The fourth-order valence-corrected chi connectivity index (χ4v) is 3.86. The van der Waals surface area contributed by atoms with Crippen molar-refractivity contribution in [3.8, 4) is 17.6 Å². The number of nitro benzene ring substituents is 1. The Balaban J connectivity index is 1.79. The zero-order valence-electron chi connectivity index (χ0n) is 18.7. The highest BCUT2D eigenvalue weighted by Crippen LogP contribution is 2.35. The number of non-ortho nitro benzene ring substituents is 1. The summed E-state index contributed by atoms with van der Waals surface area (Å²) in [7, 11) is 1.45. The Labute approximate surface area is 219 Å². The van der Waals surface area contributed by atoms with Crippen LogP contribution in [0.4, 0.5) is 11.4 Å². The monoisotopic (exact) mass is 599 g/mol. The van der Waals surface area contributed by atoms with Crippen LogP contribution in [0.3, 0.4) is 0 Å². The van der Waals surface area contributed by atoms with Gasteiger partial charge in [-0.2, -0.15) is 5.26 Å². The van der Waals surface area contributed by atoms with Gasteiger partial charge in [0.2, 0.25) is 0 Å². The summed E-state index contributed by atoms with van der Waals surface area (Å²) in [6, 6.07) is 16.8. The van der Waals surface area contributed by atoms with Crippen molar-refractivity contribution >= 4 is 51.9 Å². The molecule has 0 atom stereocenters. The number of benzene rings is 3. The number of carbonyl (C=O) groups excluding carboxylic acids is 1. The molecule has 0 saturated carbocycles. The normalized spacial score (nSPS) is 10.8. The molecule has 36 heavy (non-hydrogen) atoms. The average Bonchev–Trinajstić information content (AvgIpc) is 2.86. The van der Waals surface area contributed by atoms with Gasteiger partial charge in [-0.3, -0.25) is 14.9 Å². The Morgan fingerprint density at radius 1 is 1.19 bits per heavy atom. The number of ether oxygens (including phenoxy) is 2. The third-order valence-electron chi connectivity index (χ3n) is 4.83. The Morgan fingerprint density at radius 2 is 1.92 bits per heavy atom. The first kappa shape index (κ1) is 26.2. The third kappa shape index (κ3) is 6.57. The van der Waals surface area contributed by atoms with Gasteiger partial charge in [0.1, 0.15) is 18.2 Å². The minimum Gasteiger partial charge on any atom is -0.493 e. The molecule has 0 bridgehead atoms. The Kier molecular flexibility index (Phi) is 8.58. The number of carboxylic acids is 1. The molecule has 182 valence electrons. The number of anilines is 1. The number of rotatable bonds is 9. The number of aromatic carboxylic acids is 1. The van der Waals surface area contributed by atoms with E-state index in [0.29, 0.717) is 20.6 Å². The number of halogens is 1. The van der Waals surface area contributed by atoms with Crippen molar-refractivity contribution in [2.75, 3.05) is 12.4 Å². The van der Waals surface area contributed by atoms with Gasteiger partial charge >= 0.3 is 5.97 Å². The third-order valence-corrected chi connectivity index (χ3v) is 5.63. The standard InChI is InChI=1S/C25H18IN3O7/c1-35-22-11-16(9-18(13-27)24(30)28-19-4-2-3-17(12-19)25(31)32)10-21(26)23(22)36-14-15-5-7-20(8-6-15)29(33)34/h2-12H,14H2,1H3,(H,28,30)(H,31,32)/b18-9-. The predicted octanol–water partition coefficient (Wildman–Crippen LogP) is 5.03. The van der Waals surface area contributed by atoms with Crippen molar-refractivity contribution in [2.24, 2.45) is 0 Å². The van der Waals surface area contributed by atoms with Gasteiger partial charge in [0.25, 0.3) is 11.6 Å². The number of methoxy groups -OCH3 is 1. The highest BCUT2D eigenvalue weighted by atomic mass is 127. The number of carboxylic acid groups (broad SMARTS) is 1. The molecule has 0 heterocycles. The lowest BCUT2D eigenvalue weighted by atomic mass is 10.1. The second-order valence-electron chi connectivity index (χ2n) is 7.26. The fraction of sp³-hybridized carbons (Fsp3) is 0.0800. The second-order valence-corrected chi connectivity index (χ2v) is 8.42. The van der Waals surface area contributed by atoms with E-state index in [1.54, 1.807) is 24.3 Å². The summed E-state index contributed by atoms with van der Waals surface area (Å²) in [6.07, 6.45) is 1.38. The van der Waals surface area contributed by atoms with Crippen LogP contribution in [0.15, 0.2) is 66.2 Å². The van der Waals surface area contributed by atoms with E-state index in [-0.39, 0.29) is 29.1 Å². The summed E-state index contributed by atoms with van der Waals surface area (Å²) >= 11 is 2.03. The molecule has 2 N–H and O–H groups in total. The lowest BCUT2D eigenvalue weighted by Crippen LogP contribution is -2.14. The predicted molar refractivity (Wildman–Crippen MR) is 139 cm³/mol. The maximum absolute atomic E-state index is 12.6. The van der Waals surface area contributed by atoms with E-state index in [4.69, 9.17) is 14.6 Å². The molecule has 0 fully saturated rings. The summed E-state index contributed by atoms with van der Waals surface area (Å²) in [4.78, 5) is 34.1. The number of hydrogen-bond donors (Lipinski definition) is 2. The second kappa shape index (κ2) is 11.8. The van der Waals surface area contributed by atoms with Crippen LogP contribution in [0.25, 0.3) is 6.08 Å². The molecule has 0 aromatic heterocycles. The number of nitrogens with one attached hydrogen (secondary N) is 1.